The van der Waals surface area contributed by atoms with Gasteiger partial charge in [0.2, 0.25) is 10.0 Å². The highest BCUT2D eigenvalue weighted by molar-refractivity contribution is 7.89. The molecule has 0 spiro atoms. The summed E-state index contributed by atoms with van der Waals surface area (Å²) in [7, 11) is -2.21. The van der Waals surface area contributed by atoms with E-state index in [1.54, 1.807) is 21.0 Å². The van der Waals surface area contributed by atoms with E-state index in [9.17, 15) is 17.6 Å². The van der Waals surface area contributed by atoms with Crippen LogP contribution in [0.3, 0.4) is 0 Å². The number of methoxy groups -OCH3 is 1. The van der Waals surface area contributed by atoms with Gasteiger partial charge < -0.3 is 10.1 Å². The highest BCUT2D eigenvalue weighted by Crippen LogP contribution is 2.41. The van der Waals surface area contributed by atoms with Gasteiger partial charge in [-0.1, -0.05) is 26.0 Å². The Morgan fingerprint density at radius 3 is 2.33 bits per heavy atom. The maximum Gasteiger partial charge on any atom is 0.254 e. The summed E-state index contributed by atoms with van der Waals surface area (Å²) < 4.78 is 46.4. The Bertz CT molecular complexity index is 1000. The zero-order valence-corrected chi connectivity index (χ0v) is 18.2. The molecule has 1 aliphatic carbocycles. The maximum atomic E-state index is 14.5. The molecule has 2 aromatic rings. The molecule has 0 bridgehead atoms. The van der Waals surface area contributed by atoms with E-state index in [0.29, 0.717) is 18.8 Å². The van der Waals surface area contributed by atoms with Crippen LogP contribution in [-0.4, -0.2) is 38.8 Å². The fourth-order valence-electron chi connectivity index (χ4n) is 3.48. The standard InChI is InChI=1S/C22H27FN2O4S/c1-4-25(5-2)30(27,28)18-12-13-20(23)19(14-18)22(26)24-21(15-6-7-15)16-8-10-17(29-3)11-9-16/h8-15,21H,4-7H2,1-3H3,(H,24,26). The first-order chi connectivity index (χ1) is 14.3. The van der Waals surface area contributed by atoms with E-state index < -0.39 is 21.7 Å². The van der Waals surface area contributed by atoms with Crippen LogP contribution in [0, 0.1) is 11.7 Å². The molecule has 0 radical (unpaired) electrons. The number of hydrogen-bond acceptors (Lipinski definition) is 4. The average molecular weight is 435 g/mol. The van der Waals surface area contributed by atoms with Gasteiger partial charge in [0.1, 0.15) is 11.6 Å². The molecule has 0 saturated heterocycles. The summed E-state index contributed by atoms with van der Waals surface area (Å²) in [5, 5.41) is 2.90. The second kappa shape index (κ2) is 9.14. The number of benzene rings is 2. The van der Waals surface area contributed by atoms with Crippen molar-refractivity contribution in [1.29, 1.82) is 0 Å². The molecule has 30 heavy (non-hydrogen) atoms. The lowest BCUT2D eigenvalue weighted by Gasteiger charge is -2.21. The smallest absolute Gasteiger partial charge is 0.254 e. The fraction of sp³-hybridized carbons (Fsp3) is 0.409. The van der Waals surface area contributed by atoms with Crippen LogP contribution in [0.2, 0.25) is 0 Å². The molecular formula is C22H27FN2O4S. The van der Waals surface area contributed by atoms with E-state index in [1.807, 2.05) is 24.3 Å². The average Bonchev–Trinajstić information content (AvgIpc) is 3.58. The molecule has 2 aromatic carbocycles. The quantitative estimate of drug-likeness (QED) is 0.652. The Balaban J connectivity index is 1.88. The summed E-state index contributed by atoms with van der Waals surface area (Å²) in [6, 6.07) is 10.5. The predicted molar refractivity (Wildman–Crippen MR) is 112 cm³/mol. The molecule has 0 heterocycles. The van der Waals surface area contributed by atoms with Crippen molar-refractivity contribution in [3.63, 3.8) is 0 Å². The Labute approximate surface area is 177 Å². The Kier molecular flexibility index (Phi) is 6.77. The van der Waals surface area contributed by atoms with Crippen molar-refractivity contribution >= 4 is 15.9 Å². The van der Waals surface area contributed by atoms with Crippen LogP contribution in [0.25, 0.3) is 0 Å². The molecule has 1 fully saturated rings. The molecule has 1 aliphatic rings. The summed E-state index contributed by atoms with van der Waals surface area (Å²) >= 11 is 0. The lowest BCUT2D eigenvalue weighted by atomic mass is 10.0. The van der Waals surface area contributed by atoms with Gasteiger partial charge in [0.25, 0.3) is 5.91 Å². The zero-order chi connectivity index (χ0) is 21.9. The van der Waals surface area contributed by atoms with Crippen LogP contribution in [0.4, 0.5) is 4.39 Å². The number of hydrogen-bond donors (Lipinski definition) is 1. The summed E-state index contributed by atoms with van der Waals surface area (Å²) in [5.41, 5.74) is 0.626. The summed E-state index contributed by atoms with van der Waals surface area (Å²) in [6.07, 6.45) is 1.94. The number of amides is 1. The summed E-state index contributed by atoms with van der Waals surface area (Å²) in [4.78, 5) is 12.8. The van der Waals surface area contributed by atoms with E-state index >= 15 is 0 Å². The number of nitrogens with one attached hydrogen (secondary N) is 1. The molecule has 6 nitrogen and oxygen atoms in total. The largest absolute Gasteiger partial charge is 0.497 e. The van der Waals surface area contributed by atoms with Crippen LogP contribution in [-0.2, 0) is 10.0 Å². The zero-order valence-electron chi connectivity index (χ0n) is 17.4. The summed E-state index contributed by atoms with van der Waals surface area (Å²) in [5.74, 6) is -0.403. The molecule has 162 valence electrons. The van der Waals surface area contributed by atoms with Gasteiger partial charge in [-0.05, 0) is 54.7 Å². The van der Waals surface area contributed by atoms with Crippen LogP contribution in [0.5, 0.6) is 5.75 Å². The number of ether oxygens (including phenoxy) is 1. The summed E-state index contributed by atoms with van der Waals surface area (Å²) in [6.45, 7) is 4.04. The Hall–Kier alpha value is -2.45. The van der Waals surface area contributed by atoms with E-state index in [4.69, 9.17) is 4.74 Å². The van der Waals surface area contributed by atoms with Gasteiger partial charge in [0.15, 0.2) is 0 Å². The SMILES string of the molecule is CCN(CC)S(=O)(=O)c1ccc(F)c(C(=O)NC(c2ccc(OC)cc2)C2CC2)c1. The number of nitrogens with zero attached hydrogens (tertiary/aromatic N) is 1. The molecular weight excluding hydrogens is 407 g/mol. The molecule has 0 aliphatic heterocycles. The van der Waals surface area contributed by atoms with Gasteiger partial charge in [-0.2, -0.15) is 4.31 Å². The van der Waals surface area contributed by atoms with Crippen molar-refractivity contribution in [2.24, 2.45) is 5.92 Å². The van der Waals surface area contributed by atoms with Crippen molar-refractivity contribution in [2.75, 3.05) is 20.2 Å². The molecule has 8 heteroatoms. The predicted octanol–water partition coefficient (Wildman–Crippen LogP) is 3.75. The lowest BCUT2D eigenvalue weighted by molar-refractivity contribution is 0.0927. The number of sulfonamides is 1. The second-order valence-electron chi connectivity index (χ2n) is 7.29. The highest BCUT2D eigenvalue weighted by Gasteiger charge is 2.34. The molecule has 1 N–H and O–H groups in total. The van der Waals surface area contributed by atoms with Crippen LogP contribution in [0.1, 0.15) is 48.7 Å². The lowest BCUT2D eigenvalue weighted by Crippen LogP contribution is -2.32. The topological polar surface area (TPSA) is 75.7 Å². The molecule has 1 atom stereocenters. The van der Waals surface area contributed by atoms with E-state index in [-0.39, 0.29) is 22.4 Å². The second-order valence-corrected chi connectivity index (χ2v) is 9.23. The number of rotatable bonds is 9. The minimum atomic E-state index is -3.79. The number of carbonyl (C=O) groups is 1. The van der Waals surface area contributed by atoms with Crippen molar-refractivity contribution in [1.82, 2.24) is 9.62 Å². The minimum absolute atomic E-state index is 0.0924. The highest BCUT2D eigenvalue weighted by atomic mass is 32.2. The van der Waals surface area contributed by atoms with Gasteiger partial charge in [-0.15, -0.1) is 0 Å². The van der Waals surface area contributed by atoms with Gasteiger partial charge in [-0.25, -0.2) is 12.8 Å². The first-order valence-electron chi connectivity index (χ1n) is 10.1. The van der Waals surface area contributed by atoms with Gasteiger partial charge in [0.05, 0.1) is 23.6 Å². The number of carbonyl (C=O) groups excluding carboxylic acids is 1. The van der Waals surface area contributed by atoms with Crippen molar-refractivity contribution in [3.8, 4) is 5.75 Å². The van der Waals surface area contributed by atoms with Crippen LogP contribution < -0.4 is 10.1 Å². The maximum absolute atomic E-state index is 14.5. The van der Waals surface area contributed by atoms with Gasteiger partial charge >= 0.3 is 0 Å². The van der Waals surface area contributed by atoms with Crippen molar-refractivity contribution < 1.29 is 22.3 Å². The third-order valence-electron chi connectivity index (χ3n) is 5.38. The molecule has 1 amide bonds. The first kappa shape index (κ1) is 22.2. The monoisotopic (exact) mass is 434 g/mol. The van der Waals surface area contributed by atoms with E-state index in [2.05, 4.69) is 5.32 Å². The van der Waals surface area contributed by atoms with E-state index in [1.165, 1.54) is 10.4 Å². The van der Waals surface area contributed by atoms with Gasteiger partial charge in [-0.3, -0.25) is 4.79 Å². The molecule has 1 saturated carbocycles. The Morgan fingerprint density at radius 2 is 1.80 bits per heavy atom. The van der Waals surface area contributed by atoms with Crippen molar-refractivity contribution in [3.05, 3.63) is 59.4 Å². The third kappa shape index (κ3) is 4.65. The number of halogens is 1. The third-order valence-corrected chi connectivity index (χ3v) is 7.43. The van der Waals surface area contributed by atoms with E-state index in [0.717, 1.165) is 30.5 Å². The van der Waals surface area contributed by atoms with Crippen LogP contribution in [0.15, 0.2) is 47.4 Å². The fourth-order valence-corrected chi connectivity index (χ4v) is 4.97. The molecule has 3 rings (SSSR count). The molecule has 1 unspecified atom stereocenters. The van der Waals surface area contributed by atoms with Gasteiger partial charge in [0, 0.05) is 13.1 Å². The first-order valence-corrected chi connectivity index (χ1v) is 11.5. The normalized spacial score (nSPS) is 15.1. The molecule has 0 aromatic heterocycles. The Morgan fingerprint density at radius 1 is 1.17 bits per heavy atom. The van der Waals surface area contributed by atoms with Crippen molar-refractivity contribution in [2.45, 2.75) is 37.6 Å². The van der Waals surface area contributed by atoms with Crippen LogP contribution >= 0.6 is 0 Å². The minimum Gasteiger partial charge on any atom is -0.497 e.